The molecule has 0 saturated carbocycles. The summed E-state index contributed by atoms with van der Waals surface area (Å²) in [6.07, 6.45) is 2.11. The number of carbonyl (C=O) groups is 1. The van der Waals surface area contributed by atoms with Crippen molar-refractivity contribution in [3.63, 3.8) is 0 Å². The molecule has 2 N–H and O–H groups in total. The number of rotatable bonds is 2. The van der Waals surface area contributed by atoms with E-state index in [4.69, 9.17) is 5.73 Å². The Hall–Kier alpha value is -1.35. The van der Waals surface area contributed by atoms with Crippen molar-refractivity contribution >= 4 is 5.91 Å². The summed E-state index contributed by atoms with van der Waals surface area (Å²) >= 11 is 0. The van der Waals surface area contributed by atoms with Crippen LogP contribution < -0.4 is 5.73 Å². The minimum atomic E-state index is -0.407. The maximum atomic E-state index is 12.1. The molecule has 3 heteroatoms. The molecule has 0 bridgehead atoms. The lowest BCUT2D eigenvalue weighted by Crippen LogP contribution is -2.41. The molecule has 18 heavy (non-hydrogen) atoms. The summed E-state index contributed by atoms with van der Waals surface area (Å²) < 4.78 is 0. The molecule has 1 saturated heterocycles. The van der Waals surface area contributed by atoms with E-state index < -0.39 is 6.04 Å². The first kappa shape index (κ1) is 13.1. The molecule has 0 aliphatic carbocycles. The molecule has 1 aliphatic rings. The molecule has 2 atom stereocenters. The van der Waals surface area contributed by atoms with Crippen LogP contribution in [0.2, 0.25) is 0 Å². The van der Waals surface area contributed by atoms with E-state index in [2.05, 4.69) is 32.0 Å². The van der Waals surface area contributed by atoms with Crippen LogP contribution in [0.4, 0.5) is 0 Å². The van der Waals surface area contributed by atoms with Gasteiger partial charge in [0.25, 0.3) is 0 Å². The van der Waals surface area contributed by atoms with Gasteiger partial charge in [-0.05, 0) is 44.7 Å². The number of aryl methyl sites for hydroxylation is 2. The molecule has 1 aromatic carbocycles. The fourth-order valence-electron chi connectivity index (χ4n) is 2.73. The number of hydrogen-bond donors (Lipinski definition) is 1. The van der Waals surface area contributed by atoms with E-state index in [1.807, 2.05) is 4.90 Å². The van der Waals surface area contributed by atoms with Gasteiger partial charge in [0.1, 0.15) is 0 Å². The Morgan fingerprint density at radius 3 is 2.83 bits per heavy atom. The molecule has 1 aliphatic heterocycles. The third-order valence-corrected chi connectivity index (χ3v) is 3.72. The molecule has 1 aromatic rings. The molecule has 0 aromatic heterocycles. The van der Waals surface area contributed by atoms with Crippen LogP contribution in [0, 0.1) is 13.8 Å². The van der Waals surface area contributed by atoms with Gasteiger partial charge in [-0.2, -0.15) is 0 Å². The zero-order chi connectivity index (χ0) is 13.3. The lowest BCUT2D eigenvalue weighted by atomic mass is 9.97. The standard InChI is InChI=1S/C15H22N2O/c1-10-6-7-11(2)13(9-10)14-5-4-8-17(14)15(18)12(3)16/h6-7,9,12,14H,4-5,8,16H2,1-3H3. The van der Waals surface area contributed by atoms with Crippen LogP contribution in [-0.4, -0.2) is 23.4 Å². The second-order valence-electron chi connectivity index (χ2n) is 5.34. The zero-order valence-electron chi connectivity index (χ0n) is 11.4. The van der Waals surface area contributed by atoms with Crippen molar-refractivity contribution in [3.05, 3.63) is 34.9 Å². The quantitative estimate of drug-likeness (QED) is 0.870. The number of nitrogens with zero attached hydrogens (tertiary/aromatic N) is 1. The Morgan fingerprint density at radius 2 is 2.17 bits per heavy atom. The number of benzene rings is 1. The molecule has 1 amide bonds. The van der Waals surface area contributed by atoms with Crippen molar-refractivity contribution in [2.75, 3.05) is 6.54 Å². The van der Waals surface area contributed by atoms with Gasteiger partial charge in [-0.3, -0.25) is 4.79 Å². The molecule has 3 nitrogen and oxygen atoms in total. The van der Waals surface area contributed by atoms with E-state index in [1.165, 1.54) is 16.7 Å². The van der Waals surface area contributed by atoms with Gasteiger partial charge in [-0.1, -0.05) is 23.8 Å². The van der Waals surface area contributed by atoms with E-state index >= 15 is 0 Å². The van der Waals surface area contributed by atoms with Crippen LogP contribution in [0.1, 0.15) is 42.5 Å². The maximum Gasteiger partial charge on any atom is 0.239 e. The van der Waals surface area contributed by atoms with Crippen LogP contribution in [0.15, 0.2) is 18.2 Å². The molecule has 0 spiro atoms. The second kappa shape index (κ2) is 5.11. The fraction of sp³-hybridized carbons (Fsp3) is 0.533. The highest BCUT2D eigenvalue weighted by Gasteiger charge is 2.31. The van der Waals surface area contributed by atoms with Gasteiger partial charge in [-0.25, -0.2) is 0 Å². The Labute approximate surface area is 109 Å². The van der Waals surface area contributed by atoms with Gasteiger partial charge in [0.05, 0.1) is 12.1 Å². The highest BCUT2D eigenvalue weighted by Crippen LogP contribution is 2.34. The first-order chi connectivity index (χ1) is 8.50. The number of carbonyl (C=O) groups excluding carboxylic acids is 1. The summed E-state index contributed by atoms with van der Waals surface area (Å²) in [6.45, 7) is 6.80. The summed E-state index contributed by atoms with van der Waals surface area (Å²) in [4.78, 5) is 14.1. The first-order valence-electron chi connectivity index (χ1n) is 6.64. The fourth-order valence-corrected chi connectivity index (χ4v) is 2.73. The number of hydrogen-bond acceptors (Lipinski definition) is 2. The number of amides is 1. The normalized spacial score (nSPS) is 21.1. The number of likely N-dealkylation sites (tertiary alicyclic amines) is 1. The Kier molecular flexibility index (Phi) is 3.71. The third kappa shape index (κ3) is 2.41. The van der Waals surface area contributed by atoms with Gasteiger partial charge in [0.2, 0.25) is 5.91 Å². The molecular formula is C15H22N2O. The largest absolute Gasteiger partial charge is 0.334 e. The van der Waals surface area contributed by atoms with Crippen LogP contribution in [0.5, 0.6) is 0 Å². The predicted molar refractivity (Wildman–Crippen MR) is 73.3 cm³/mol. The summed E-state index contributed by atoms with van der Waals surface area (Å²) in [5, 5.41) is 0. The average Bonchev–Trinajstić information content (AvgIpc) is 2.80. The highest BCUT2D eigenvalue weighted by atomic mass is 16.2. The summed E-state index contributed by atoms with van der Waals surface area (Å²) in [5.74, 6) is 0.0680. The number of nitrogens with two attached hydrogens (primary N) is 1. The van der Waals surface area contributed by atoms with E-state index in [0.29, 0.717) is 0 Å². The topological polar surface area (TPSA) is 46.3 Å². The maximum absolute atomic E-state index is 12.1. The van der Waals surface area contributed by atoms with Gasteiger partial charge in [0.15, 0.2) is 0 Å². The summed E-state index contributed by atoms with van der Waals surface area (Å²) in [5.41, 5.74) is 9.52. The SMILES string of the molecule is Cc1ccc(C)c(C2CCCN2C(=O)C(C)N)c1. The molecule has 98 valence electrons. The molecule has 1 heterocycles. The van der Waals surface area contributed by atoms with Gasteiger partial charge < -0.3 is 10.6 Å². The first-order valence-corrected chi connectivity index (χ1v) is 6.64. The van der Waals surface area contributed by atoms with Gasteiger partial charge in [0, 0.05) is 6.54 Å². The van der Waals surface area contributed by atoms with E-state index in [9.17, 15) is 4.79 Å². The molecular weight excluding hydrogens is 224 g/mol. The van der Waals surface area contributed by atoms with Crippen molar-refractivity contribution in [2.45, 2.75) is 45.7 Å². The van der Waals surface area contributed by atoms with Gasteiger partial charge >= 0.3 is 0 Å². The Balaban J connectivity index is 2.31. The summed E-state index contributed by atoms with van der Waals surface area (Å²) in [7, 11) is 0. The summed E-state index contributed by atoms with van der Waals surface area (Å²) in [6, 6.07) is 6.26. The van der Waals surface area contributed by atoms with Crippen molar-refractivity contribution in [2.24, 2.45) is 5.73 Å². The lowest BCUT2D eigenvalue weighted by Gasteiger charge is -2.28. The lowest BCUT2D eigenvalue weighted by molar-refractivity contribution is -0.133. The highest BCUT2D eigenvalue weighted by molar-refractivity contribution is 5.82. The van der Waals surface area contributed by atoms with Crippen LogP contribution in [-0.2, 0) is 4.79 Å². The molecule has 2 rings (SSSR count). The second-order valence-corrected chi connectivity index (χ2v) is 5.34. The van der Waals surface area contributed by atoms with Gasteiger partial charge in [-0.15, -0.1) is 0 Å². The minimum absolute atomic E-state index is 0.0680. The minimum Gasteiger partial charge on any atom is -0.334 e. The van der Waals surface area contributed by atoms with Crippen molar-refractivity contribution in [3.8, 4) is 0 Å². The Bertz CT molecular complexity index is 454. The third-order valence-electron chi connectivity index (χ3n) is 3.72. The van der Waals surface area contributed by atoms with E-state index in [0.717, 1.165) is 19.4 Å². The zero-order valence-corrected chi connectivity index (χ0v) is 11.4. The average molecular weight is 246 g/mol. The molecule has 0 radical (unpaired) electrons. The van der Waals surface area contributed by atoms with E-state index in [1.54, 1.807) is 6.92 Å². The van der Waals surface area contributed by atoms with E-state index in [-0.39, 0.29) is 11.9 Å². The van der Waals surface area contributed by atoms with Crippen molar-refractivity contribution in [1.82, 2.24) is 4.90 Å². The monoisotopic (exact) mass is 246 g/mol. The van der Waals surface area contributed by atoms with Crippen molar-refractivity contribution in [1.29, 1.82) is 0 Å². The van der Waals surface area contributed by atoms with Crippen LogP contribution in [0.25, 0.3) is 0 Å². The Morgan fingerprint density at radius 1 is 1.44 bits per heavy atom. The molecule has 2 unspecified atom stereocenters. The van der Waals surface area contributed by atoms with Crippen LogP contribution in [0.3, 0.4) is 0 Å². The van der Waals surface area contributed by atoms with Crippen LogP contribution >= 0.6 is 0 Å². The smallest absolute Gasteiger partial charge is 0.239 e. The molecule has 1 fully saturated rings. The predicted octanol–water partition coefficient (Wildman–Crippen LogP) is 2.31. The van der Waals surface area contributed by atoms with Crippen molar-refractivity contribution < 1.29 is 4.79 Å².